The van der Waals surface area contributed by atoms with Gasteiger partial charge < -0.3 is 0 Å². The molecule has 1 saturated carbocycles. The van der Waals surface area contributed by atoms with E-state index in [1.54, 1.807) is 0 Å². The van der Waals surface area contributed by atoms with Gasteiger partial charge in [0.1, 0.15) is 6.04 Å². The van der Waals surface area contributed by atoms with Gasteiger partial charge in [0.2, 0.25) is 0 Å². The van der Waals surface area contributed by atoms with E-state index < -0.39 is 0 Å². The van der Waals surface area contributed by atoms with Gasteiger partial charge in [-0.1, -0.05) is 67.4 Å². The first kappa shape index (κ1) is 17.9. The lowest BCUT2D eigenvalue weighted by atomic mass is 9.81. The number of carbonyl (C=O) groups is 1. The highest BCUT2D eigenvalue weighted by Gasteiger charge is 2.40. The Morgan fingerprint density at radius 1 is 0.963 bits per heavy atom. The molecule has 5 heteroatoms. The number of nitrogens with zero attached hydrogens (tertiary/aromatic N) is 1. The third-order valence-electron chi connectivity index (χ3n) is 5.70. The number of rotatable bonds is 4. The van der Waals surface area contributed by atoms with Crippen LogP contribution < -0.4 is 16.3 Å². The fraction of sp³-hybridized carbons (Fsp3) is 0.364. The predicted molar refractivity (Wildman–Crippen MR) is 108 cm³/mol. The predicted octanol–water partition coefficient (Wildman–Crippen LogP) is 3.23. The summed E-state index contributed by atoms with van der Waals surface area (Å²) >= 11 is 0. The quantitative estimate of drug-likeness (QED) is 0.578. The molecule has 5 nitrogen and oxygen atoms in total. The summed E-state index contributed by atoms with van der Waals surface area (Å²) in [4.78, 5) is 12.6. The number of nitrogens with one attached hydrogen (secondary N) is 3. The van der Waals surface area contributed by atoms with Crippen LogP contribution in [0.1, 0.15) is 38.2 Å². The summed E-state index contributed by atoms with van der Waals surface area (Å²) in [5.74, 6) is 0.302. The first-order chi connectivity index (χ1) is 13.2. The highest BCUT2D eigenvalue weighted by Crippen LogP contribution is 2.30. The monoisotopic (exact) mass is 362 g/mol. The van der Waals surface area contributed by atoms with Crippen LogP contribution >= 0.6 is 0 Å². The SMILES string of the molecule is C/C(=N/NC(=O)C1NNC2CCCCC21)c1ccc(-c2ccccc2)cc1. The molecule has 1 heterocycles. The van der Waals surface area contributed by atoms with Gasteiger partial charge in [-0.25, -0.2) is 10.9 Å². The Balaban J connectivity index is 1.40. The van der Waals surface area contributed by atoms with Crippen molar-refractivity contribution in [1.29, 1.82) is 0 Å². The van der Waals surface area contributed by atoms with E-state index in [2.05, 4.69) is 45.6 Å². The molecule has 0 spiro atoms. The van der Waals surface area contributed by atoms with Crippen molar-refractivity contribution >= 4 is 11.6 Å². The normalized spacial score (nSPS) is 25.1. The van der Waals surface area contributed by atoms with Crippen LogP contribution in [0.5, 0.6) is 0 Å². The number of hydrogen-bond acceptors (Lipinski definition) is 4. The molecule has 0 bridgehead atoms. The Hall–Kier alpha value is -2.50. The van der Waals surface area contributed by atoms with Gasteiger partial charge in [0.15, 0.2) is 0 Å². The molecule has 2 aliphatic rings. The lowest BCUT2D eigenvalue weighted by molar-refractivity contribution is -0.123. The molecule has 140 valence electrons. The lowest BCUT2D eigenvalue weighted by Gasteiger charge is -2.26. The molecule has 1 aliphatic carbocycles. The number of hydrazine groups is 1. The van der Waals surface area contributed by atoms with Crippen LogP contribution in [0.25, 0.3) is 11.1 Å². The first-order valence-electron chi connectivity index (χ1n) is 9.73. The highest BCUT2D eigenvalue weighted by atomic mass is 16.2. The van der Waals surface area contributed by atoms with E-state index in [0.29, 0.717) is 12.0 Å². The average Bonchev–Trinajstić information content (AvgIpc) is 3.17. The van der Waals surface area contributed by atoms with Crippen LogP contribution in [0.3, 0.4) is 0 Å². The van der Waals surface area contributed by atoms with Gasteiger partial charge >= 0.3 is 0 Å². The van der Waals surface area contributed by atoms with E-state index in [4.69, 9.17) is 0 Å². The van der Waals surface area contributed by atoms with Crippen molar-refractivity contribution < 1.29 is 4.79 Å². The zero-order valence-electron chi connectivity index (χ0n) is 15.6. The molecule has 2 fully saturated rings. The minimum atomic E-state index is -0.202. The Morgan fingerprint density at radius 3 is 2.44 bits per heavy atom. The summed E-state index contributed by atoms with van der Waals surface area (Å²) in [6, 6.07) is 18.7. The summed E-state index contributed by atoms with van der Waals surface area (Å²) in [7, 11) is 0. The summed E-state index contributed by atoms with van der Waals surface area (Å²) in [5, 5.41) is 4.33. The summed E-state index contributed by atoms with van der Waals surface area (Å²) in [5.41, 5.74) is 13.3. The van der Waals surface area contributed by atoms with E-state index in [1.165, 1.54) is 24.0 Å². The van der Waals surface area contributed by atoms with E-state index in [-0.39, 0.29) is 11.9 Å². The van der Waals surface area contributed by atoms with E-state index in [9.17, 15) is 4.79 Å². The maximum atomic E-state index is 12.6. The maximum absolute atomic E-state index is 12.6. The summed E-state index contributed by atoms with van der Waals surface area (Å²) in [6.07, 6.45) is 4.66. The smallest absolute Gasteiger partial charge is 0.258 e. The molecule has 1 saturated heterocycles. The molecule has 27 heavy (non-hydrogen) atoms. The molecule has 3 N–H and O–H groups in total. The molecule has 1 amide bonds. The summed E-state index contributed by atoms with van der Waals surface area (Å²) in [6.45, 7) is 1.92. The Morgan fingerprint density at radius 2 is 1.67 bits per heavy atom. The topological polar surface area (TPSA) is 65.5 Å². The fourth-order valence-electron chi connectivity index (χ4n) is 4.11. The fourth-order valence-corrected chi connectivity index (χ4v) is 4.11. The molecule has 1 aliphatic heterocycles. The molecule has 3 unspecified atom stereocenters. The van der Waals surface area contributed by atoms with E-state index in [0.717, 1.165) is 24.1 Å². The number of carbonyl (C=O) groups excluding carboxylic acids is 1. The van der Waals surface area contributed by atoms with E-state index in [1.807, 2.05) is 37.3 Å². The average molecular weight is 362 g/mol. The van der Waals surface area contributed by atoms with E-state index >= 15 is 0 Å². The van der Waals surface area contributed by atoms with Crippen LogP contribution in [-0.2, 0) is 4.79 Å². The van der Waals surface area contributed by atoms with Crippen molar-refractivity contribution in [3.63, 3.8) is 0 Å². The van der Waals surface area contributed by atoms with Crippen molar-refractivity contribution in [3.05, 3.63) is 60.2 Å². The Kier molecular flexibility index (Phi) is 5.32. The molecule has 2 aromatic carbocycles. The maximum Gasteiger partial charge on any atom is 0.258 e. The molecular formula is C22H26N4O. The van der Waals surface area contributed by atoms with Gasteiger partial charge in [-0.05, 0) is 36.5 Å². The van der Waals surface area contributed by atoms with Crippen molar-refractivity contribution in [2.24, 2.45) is 11.0 Å². The standard InChI is InChI=1S/C22H26N4O/c1-15(16-11-13-18(14-12-16)17-7-3-2-4-8-17)23-26-22(27)21-19-9-5-6-10-20(19)24-25-21/h2-4,7-8,11-14,19-21,24-25H,5-6,9-10H2,1H3,(H,26,27)/b23-15-. The number of hydrazone groups is 1. The van der Waals surface area contributed by atoms with Crippen LogP contribution in [0.15, 0.2) is 59.7 Å². The third kappa shape index (κ3) is 3.94. The second-order valence-electron chi connectivity index (χ2n) is 7.44. The first-order valence-corrected chi connectivity index (χ1v) is 9.73. The largest absolute Gasteiger partial charge is 0.271 e. The highest BCUT2D eigenvalue weighted by molar-refractivity contribution is 5.99. The van der Waals surface area contributed by atoms with Crippen molar-refractivity contribution in [1.82, 2.24) is 16.3 Å². The zero-order chi connectivity index (χ0) is 18.6. The zero-order valence-corrected chi connectivity index (χ0v) is 15.6. The second-order valence-corrected chi connectivity index (χ2v) is 7.44. The minimum Gasteiger partial charge on any atom is -0.271 e. The van der Waals surface area contributed by atoms with Gasteiger partial charge in [-0.15, -0.1) is 0 Å². The second kappa shape index (κ2) is 8.03. The molecule has 3 atom stereocenters. The van der Waals surface area contributed by atoms with Crippen molar-refractivity contribution in [2.75, 3.05) is 0 Å². The lowest BCUT2D eigenvalue weighted by Crippen LogP contribution is -2.44. The van der Waals surface area contributed by atoms with Crippen LogP contribution in [0.2, 0.25) is 0 Å². The van der Waals surface area contributed by atoms with Gasteiger partial charge in [0.05, 0.1) is 5.71 Å². The van der Waals surface area contributed by atoms with Crippen LogP contribution in [0.4, 0.5) is 0 Å². The molecule has 2 aromatic rings. The van der Waals surface area contributed by atoms with Crippen molar-refractivity contribution in [2.45, 2.75) is 44.7 Å². The number of amides is 1. The Bertz CT molecular complexity index is 816. The molecule has 4 rings (SSSR count). The summed E-state index contributed by atoms with van der Waals surface area (Å²) < 4.78 is 0. The van der Waals surface area contributed by atoms with Gasteiger partial charge in [0.25, 0.3) is 5.91 Å². The van der Waals surface area contributed by atoms with Gasteiger partial charge in [0, 0.05) is 12.0 Å². The van der Waals surface area contributed by atoms with Gasteiger partial charge in [-0.3, -0.25) is 10.2 Å². The van der Waals surface area contributed by atoms with Crippen LogP contribution in [0, 0.1) is 5.92 Å². The third-order valence-corrected chi connectivity index (χ3v) is 5.70. The number of hydrogen-bond donors (Lipinski definition) is 3. The Labute approximate surface area is 160 Å². The molecular weight excluding hydrogens is 336 g/mol. The molecule has 0 aromatic heterocycles. The number of benzene rings is 2. The molecule has 0 radical (unpaired) electrons. The minimum absolute atomic E-state index is 0.0582. The van der Waals surface area contributed by atoms with Gasteiger partial charge in [-0.2, -0.15) is 5.10 Å². The number of fused-ring (bicyclic) bond motifs is 1. The van der Waals surface area contributed by atoms with Crippen molar-refractivity contribution in [3.8, 4) is 11.1 Å². The van der Waals surface area contributed by atoms with Crippen LogP contribution in [-0.4, -0.2) is 23.7 Å².